The Morgan fingerprint density at radius 1 is 1.29 bits per heavy atom. The molecule has 2 rings (SSSR count). The van der Waals surface area contributed by atoms with E-state index >= 15 is 0 Å². The third-order valence-corrected chi connectivity index (χ3v) is 5.25. The summed E-state index contributed by atoms with van der Waals surface area (Å²) >= 11 is 6.94. The van der Waals surface area contributed by atoms with Gasteiger partial charge in [0.25, 0.3) is 0 Å². The van der Waals surface area contributed by atoms with Gasteiger partial charge in [-0.3, -0.25) is 0 Å². The van der Waals surface area contributed by atoms with Crippen LogP contribution >= 0.6 is 31.9 Å². The molecule has 0 amide bonds. The lowest BCUT2D eigenvalue weighted by atomic mass is 9.83. The summed E-state index contributed by atoms with van der Waals surface area (Å²) < 4.78 is 6.60. The molecule has 116 valence electrons. The highest BCUT2D eigenvalue weighted by molar-refractivity contribution is 9.11. The third kappa shape index (κ3) is 4.46. The first-order valence-electron chi connectivity index (χ1n) is 7.32. The van der Waals surface area contributed by atoms with Crippen LogP contribution < -0.4 is 5.32 Å². The topological polar surface area (TPSA) is 38.3 Å². The molecule has 0 unspecified atom stereocenters. The van der Waals surface area contributed by atoms with Gasteiger partial charge in [-0.25, -0.2) is 4.79 Å². The number of anilines is 1. The zero-order valence-electron chi connectivity index (χ0n) is 12.4. The molecule has 0 aliphatic heterocycles. The zero-order valence-corrected chi connectivity index (χ0v) is 15.6. The number of hydrogen-bond acceptors (Lipinski definition) is 3. The molecule has 0 heterocycles. The van der Waals surface area contributed by atoms with Crippen LogP contribution in [0.3, 0.4) is 0 Å². The van der Waals surface area contributed by atoms with E-state index in [2.05, 4.69) is 44.1 Å². The van der Waals surface area contributed by atoms with E-state index in [1.807, 2.05) is 6.07 Å². The van der Waals surface area contributed by atoms with Gasteiger partial charge in [-0.2, -0.15) is 0 Å². The van der Waals surface area contributed by atoms with E-state index in [1.54, 1.807) is 6.07 Å². The highest BCUT2D eigenvalue weighted by atomic mass is 79.9. The van der Waals surface area contributed by atoms with Gasteiger partial charge < -0.3 is 10.1 Å². The molecule has 21 heavy (non-hydrogen) atoms. The smallest absolute Gasteiger partial charge is 0.340 e. The first kappa shape index (κ1) is 16.8. The monoisotopic (exact) mass is 417 g/mol. The van der Waals surface area contributed by atoms with E-state index in [-0.39, 0.29) is 5.97 Å². The molecule has 1 saturated carbocycles. The van der Waals surface area contributed by atoms with Crippen molar-refractivity contribution in [2.24, 2.45) is 11.8 Å². The number of ether oxygens (including phenoxy) is 1. The van der Waals surface area contributed by atoms with Gasteiger partial charge in [0.05, 0.1) is 18.4 Å². The molecular weight excluding hydrogens is 398 g/mol. The fourth-order valence-corrected chi connectivity index (χ4v) is 4.17. The summed E-state index contributed by atoms with van der Waals surface area (Å²) in [5, 5.41) is 3.44. The maximum atomic E-state index is 11.9. The average molecular weight is 419 g/mol. The van der Waals surface area contributed by atoms with E-state index in [1.165, 1.54) is 32.8 Å². The number of benzene rings is 1. The second-order valence-corrected chi connectivity index (χ2v) is 7.58. The van der Waals surface area contributed by atoms with Crippen LogP contribution in [0.1, 0.15) is 43.0 Å². The maximum absolute atomic E-state index is 11.9. The average Bonchev–Trinajstić information content (AvgIpc) is 2.46. The van der Waals surface area contributed by atoms with Gasteiger partial charge in [0.15, 0.2) is 0 Å². The van der Waals surface area contributed by atoms with Crippen molar-refractivity contribution >= 4 is 43.5 Å². The Balaban J connectivity index is 2.10. The summed E-state index contributed by atoms with van der Waals surface area (Å²) in [5.74, 6) is 1.21. The van der Waals surface area contributed by atoms with Crippen LogP contribution in [0.2, 0.25) is 0 Å². The molecule has 1 aliphatic carbocycles. The predicted octanol–water partition coefficient (Wildman–Crippen LogP) is 5.24. The number of carbonyl (C=O) groups excluding carboxylic acids is 1. The summed E-state index contributed by atoms with van der Waals surface area (Å²) in [6, 6.07) is 3.74. The van der Waals surface area contributed by atoms with E-state index in [4.69, 9.17) is 4.74 Å². The van der Waals surface area contributed by atoms with E-state index in [0.29, 0.717) is 11.5 Å². The molecule has 0 saturated heterocycles. The van der Waals surface area contributed by atoms with Crippen molar-refractivity contribution in [3.63, 3.8) is 0 Å². The zero-order chi connectivity index (χ0) is 15.4. The Morgan fingerprint density at radius 2 is 1.95 bits per heavy atom. The number of halogens is 2. The summed E-state index contributed by atoms with van der Waals surface area (Å²) in [6.45, 7) is 3.22. The molecular formula is C16H21Br2NO2. The van der Waals surface area contributed by atoms with Crippen molar-refractivity contribution in [3.05, 3.63) is 26.6 Å². The van der Waals surface area contributed by atoms with Crippen molar-refractivity contribution in [2.45, 2.75) is 32.6 Å². The molecule has 0 radical (unpaired) electrons. The quantitative estimate of drug-likeness (QED) is 0.679. The number of esters is 1. The summed E-state index contributed by atoms with van der Waals surface area (Å²) in [6.07, 6.45) is 5.13. The lowest BCUT2D eigenvalue weighted by molar-refractivity contribution is 0.0601. The van der Waals surface area contributed by atoms with Crippen molar-refractivity contribution in [1.82, 2.24) is 0 Å². The van der Waals surface area contributed by atoms with Crippen LogP contribution in [-0.2, 0) is 4.74 Å². The standard InChI is InChI=1S/C16H21Br2NO2/c1-10-3-5-11(6-4-10)9-19-15-13(16(20)21-2)7-12(17)8-14(15)18/h7-8,10-11,19H,3-6,9H2,1-2H3. The molecule has 1 aliphatic rings. The Labute approximate surface area is 143 Å². The summed E-state index contributed by atoms with van der Waals surface area (Å²) in [5.41, 5.74) is 1.38. The number of hydrogen-bond donors (Lipinski definition) is 1. The first-order valence-corrected chi connectivity index (χ1v) is 8.91. The lowest BCUT2D eigenvalue weighted by Crippen LogP contribution is -2.21. The van der Waals surface area contributed by atoms with Crippen LogP contribution in [0.5, 0.6) is 0 Å². The highest BCUT2D eigenvalue weighted by Crippen LogP contribution is 2.33. The molecule has 1 aromatic rings. The highest BCUT2D eigenvalue weighted by Gasteiger charge is 2.20. The number of nitrogens with one attached hydrogen (secondary N) is 1. The van der Waals surface area contributed by atoms with Gasteiger partial charge in [-0.05, 0) is 52.7 Å². The Kier molecular flexibility index (Phi) is 6.11. The van der Waals surface area contributed by atoms with Gasteiger partial charge in [0.2, 0.25) is 0 Å². The maximum Gasteiger partial charge on any atom is 0.340 e. The second-order valence-electron chi connectivity index (χ2n) is 5.81. The molecule has 0 spiro atoms. The normalized spacial score (nSPS) is 21.9. The van der Waals surface area contributed by atoms with Gasteiger partial charge in [0, 0.05) is 15.5 Å². The van der Waals surface area contributed by atoms with Crippen molar-refractivity contribution in [3.8, 4) is 0 Å². The summed E-state index contributed by atoms with van der Waals surface area (Å²) in [7, 11) is 1.41. The second kappa shape index (κ2) is 7.63. The minimum Gasteiger partial charge on any atom is -0.465 e. The Morgan fingerprint density at radius 3 is 2.57 bits per heavy atom. The van der Waals surface area contributed by atoms with Crippen LogP contribution in [0, 0.1) is 11.8 Å². The summed E-state index contributed by atoms with van der Waals surface area (Å²) in [4.78, 5) is 11.9. The van der Waals surface area contributed by atoms with E-state index < -0.39 is 0 Å². The minimum atomic E-state index is -0.322. The fourth-order valence-electron chi connectivity index (χ4n) is 2.80. The minimum absolute atomic E-state index is 0.322. The van der Waals surface area contributed by atoms with Crippen molar-refractivity contribution in [2.75, 3.05) is 19.0 Å². The molecule has 0 atom stereocenters. The van der Waals surface area contributed by atoms with Crippen LogP contribution in [-0.4, -0.2) is 19.6 Å². The first-order chi connectivity index (χ1) is 10.0. The molecule has 1 fully saturated rings. The van der Waals surface area contributed by atoms with Gasteiger partial charge in [0.1, 0.15) is 0 Å². The molecule has 1 N–H and O–H groups in total. The van der Waals surface area contributed by atoms with Gasteiger partial charge >= 0.3 is 5.97 Å². The number of rotatable bonds is 4. The largest absolute Gasteiger partial charge is 0.465 e. The van der Waals surface area contributed by atoms with Crippen LogP contribution in [0.25, 0.3) is 0 Å². The van der Waals surface area contributed by atoms with E-state index in [9.17, 15) is 4.79 Å². The molecule has 1 aromatic carbocycles. The number of methoxy groups -OCH3 is 1. The Hall–Kier alpha value is -0.550. The van der Waals surface area contributed by atoms with Crippen LogP contribution in [0.4, 0.5) is 5.69 Å². The molecule has 0 bridgehead atoms. The van der Waals surface area contributed by atoms with Crippen molar-refractivity contribution in [1.29, 1.82) is 0 Å². The lowest BCUT2D eigenvalue weighted by Gasteiger charge is -2.27. The fraction of sp³-hybridized carbons (Fsp3) is 0.562. The SMILES string of the molecule is COC(=O)c1cc(Br)cc(Br)c1NCC1CCC(C)CC1. The molecule has 5 heteroatoms. The third-order valence-electron chi connectivity index (χ3n) is 4.16. The van der Waals surface area contributed by atoms with Gasteiger partial charge in [-0.15, -0.1) is 0 Å². The van der Waals surface area contributed by atoms with Crippen LogP contribution in [0.15, 0.2) is 21.1 Å². The predicted molar refractivity (Wildman–Crippen MR) is 92.8 cm³/mol. The Bertz CT molecular complexity index is 511. The van der Waals surface area contributed by atoms with Gasteiger partial charge in [-0.1, -0.05) is 35.7 Å². The molecule has 0 aromatic heterocycles. The van der Waals surface area contributed by atoms with E-state index in [0.717, 1.165) is 27.1 Å². The molecule has 3 nitrogen and oxygen atoms in total. The number of carbonyl (C=O) groups is 1. The van der Waals surface area contributed by atoms with Crippen molar-refractivity contribution < 1.29 is 9.53 Å².